The fourth-order valence-corrected chi connectivity index (χ4v) is 2.82. The molecule has 0 aliphatic heterocycles. The van der Waals surface area contributed by atoms with Crippen LogP contribution < -0.4 is 0 Å². The lowest BCUT2D eigenvalue weighted by molar-refractivity contribution is -0.147. The van der Waals surface area contributed by atoms with E-state index in [1.54, 1.807) is 6.07 Å². The molecule has 1 aromatic carbocycles. The van der Waals surface area contributed by atoms with Gasteiger partial charge in [0.2, 0.25) is 0 Å². The van der Waals surface area contributed by atoms with E-state index in [1.807, 2.05) is 26.8 Å². The molecule has 0 atom stereocenters. The number of phenolic OH excluding ortho intramolecular Hbond substituents is 1. The number of carboxylic acid groups (broad SMARTS) is 1. The zero-order chi connectivity index (χ0) is 13.5. The van der Waals surface area contributed by atoms with E-state index in [1.165, 1.54) is 0 Å². The fourth-order valence-electron chi connectivity index (χ4n) is 2.82. The van der Waals surface area contributed by atoms with Crippen LogP contribution >= 0.6 is 0 Å². The van der Waals surface area contributed by atoms with Crippen LogP contribution in [0.25, 0.3) is 0 Å². The van der Waals surface area contributed by atoms with Crippen molar-refractivity contribution in [2.45, 2.75) is 51.4 Å². The third-order valence-electron chi connectivity index (χ3n) is 4.13. The number of rotatable bonds is 3. The molecule has 3 nitrogen and oxygen atoms in total. The van der Waals surface area contributed by atoms with E-state index >= 15 is 0 Å². The van der Waals surface area contributed by atoms with Gasteiger partial charge in [0.05, 0.1) is 5.41 Å². The third kappa shape index (κ3) is 1.78. The van der Waals surface area contributed by atoms with Gasteiger partial charge in [-0.1, -0.05) is 26.3 Å². The van der Waals surface area contributed by atoms with E-state index in [2.05, 4.69) is 0 Å². The Morgan fingerprint density at radius 3 is 2.33 bits per heavy atom. The summed E-state index contributed by atoms with van der Waals surface area (Å²) in [6.45, 7) is 5.88. The van der Waals surface area contributed by atoms with Crippen molar-refractivity contribution in [3.05, 3.63) is 28.8 Å². The molecule has 1 fully saturated rings. The summed E-state index contributed by atoms with van der Waals surface area (Å²) in [5, 5.41) is 19.4. The van der Waals surface area contributed by atoms with Crippen molar-refractivity contribution in [3.8, 4) is 5.75 Å². The maximum Gasteiger partial charge on any atom is 0.314 e. The van der Waals surface area contributed by atoms with Gasteiger partial charge in [0.15, 0.2) is 0 Å². The van der Waals surface area contributed by atoms with Gasteiger partial charge >= 0.3 is 5.97 Å². The van der Waals surface area contributed by atoms with Gasteiger partial charge in [-0.15, -0.1) is 0 Å². The van der Waals surface area contributed by atoms with Crippen molar-refractivity contribution in [2.75, 3.05) is 0 Å². The first kappa shape index (κ1) is 12.9. The quantitative estimate of drug-likeness (QED) is 0.862. The third-order valence-corrected chi connectivity index (χ3v) is 4.13. The zero-order valence-electron chi connectivity index (χ0n) is 11.2. The highest BCUT2D eigenvalue weighted by Gasteiger charge is 2.47. The number of hydrogen-bond donors (Lipinski definition) is 2. The number of aliphatic carboxylic acids is 1. The molecule has 2 N–H and O–H groups in total. The van der Waals surface area contributed by atoms with Crippen LogP contribution in [0.5, 0.6) is 5.75 Å². The molecule has 0 aromatic heterocycles. The maximum absolute atomic E-state index is 11.6. The van der Waals surface area contributed by atoms with E-state index < -0.39 is 11.4 Å². The molecule has 2 rings (SSSR count). The minimum absolute atomic E-state index is 0.190. The van der Waals surface area contributed by atoms with Gasteiger partial charge in [-0.3, -0.25) is 4.79 Å². The first-order valence-electron chi connectivity index (χ1n) is 6.46. The Labute approximate surface area is 107 Å². The smallest absolute Gasteiger partial charge is 0.314 e. The Hall–Kier alpha value is -1.51. The zero-order valence-corrected chi connectivity index (χ0v) is 11.2. The molecule has 1 aromatic rings. The van der Waals surface area contributed by atoms with Crippen LogP contribution in [0.3, 0.4) is 0 Å². The van der Waals surface area contributed by atoms with Crippen LogP contribution in [0.1, 0.15) is 55.7 Å². The second kappa shape index (κ2) is 4.30. The van der Waals surface area contributed by atoms with Gasteiger partial charge < -0.3 is 10.2 Å². The predicted octanol–water partition coefficient (Wildman–Crippen LogP) is 3.33. The number of aromatic hydroxyl groups is 1. The Balaban J connectivity index is 2.57. The van der Waals surface area contributed by atoms with Crippen molar-refractivity contribution < 1.29 is 15.0 Å². The van der Waals surface area contributed by atoms with E-state index in [0.29, 0.717) is 12.8 Å². The van der Waals surface area contributed by atoms with Crippen LogP contribution in [0.2, 0.25) is 0 Å². The highest BCUT2D eigenvalue weighted by Crippen LogP contribution is 2.47. The minimum atomic E-state index is -0.739. The van der Waals surface area contributed by atoms with Gasteiger partial charge in [-0.2, -0.15) is 0 Å². The number of carboxylic acids is 1. The van der Waals surface area contributed by atoms with Crippen molar-refractivity contribution in [1.29, 1.82) is 0 Å². The molecule has 3 heteroatoms. The summed E-state index contributed by atoms with van der Waals surface area (Å²) in [5.41, 5.74) is 1.87. The number of aryl methyl sites for hydroxylation is 1. The molecule has 0 bridgehead atoms. The summed E-state index contributed by atoms with van der Waals surface area (Å²) in [4.78, 5) is 11.6. The predicted molar refractivity (Wildman–Crippen MR) is 70.1 cm³/mol. The van der Waals surface area contributed by atoms with Crippen LogP contribution in [-0.4, -0.2) is 16.2 Å². The lowest BCUT2D eigenvalue weighted by Gasteiger charge is -2.39. The highest BCUT2D eigenvalue weighted by atomic mass is 16.4. The molecule has 1 aliphatic rings. The molecule has 0 spiro atoms. The van der Waals surface area contributed by atoms with Crippen LogP contribution in [0.4, 0.5) is 0 Å². The van der Waals surface area contributed by atoms with Crippen LogP contribution in [0.15, 0.2) is 12.1 Å². The fraction of sp³-hybridized carbons (Fsp3) is 0.533. The molecule has 0 radical (unpaired) electrons. The topological polar surface area (TPSA) is 57.5 Å². The van der Waals surface area contributed by atoms with E-state index in [4.69, 9.17) is 0 Å². The molecule has 0 amide bonds. The molecule has 0 heterocycles. The summed E-state index contributed by atoms with van der Waals surface area (Å²) >= 11 is 0. The molecule has 18 heavy (non-hydrogen) atoms. The molecular weight excluding hydrogens is 228 g/mol. The Kier molecular flexibility index (Phi) is 3.09. The van der Waals surface area contributed by atoms with Gasteiger partial charge in [0.25, 0.3) is 0 Å². The molecule has 98 valence electrons. The van der Waals surface area contributed by atoms with Crippen molar-refractivity contribution in [3.63, 3.8) is 0 Å². The van der Waals surface area contributed by atoms with Gasteiger partial charge in [-0.25, -0.2) is 0 Å². The number of carbonyl (C=O) groups is 1. The van der Waals surface area contributed by atoms with Gasteiger partial charge in [0.1, 0.15) is 5.75 Å². The maximum atomic E-state index is 11.6. The largest absolute Gasteiger partial charge is 0.508 e. The Bertz CT molecular complexity index is 485. The minimum Gasteiger partial charge on any atom is -0.508 e. The van der Waals surface area contributed by atoms with E-state index in [0.717, 1.165) is 23.1 Å². The Morgan fingerprint density at radius 1 is 1.33 bits per heavy atom. The molecule has 0 saturated heterocycles. The van der Waals surface area contributed by atoms with Crippen LogP contribution in [-0.2, 0) is 10.2 Å². The molecule has 0 unspecified atom stereocenters. The summed E-state index contributed by atoms with van der Waals surface area (Å²) in [6, 6.07) is 3.59. The van der Waals surface area contributed by atoms with E-state index in [-0.39, 0.29) is 11.7 Å². The number of benzene rings is 1. The summed E-state index contributed by atoms with van der Waals surface area (Å²) in [5.74, 6) is -0.279. The Morgan fingerprint density at radius 2 is 1.94 bits per heavy atom. The van der Waals surface area contributed by atoms with Gasteiger partial charge in [0, 0.05) is 0 Å². The second-order valence-electron chi connectivity index (χ2n) is 5.62. The second-order valence-corrected chi connectivity index (χ2v) is 5.62. The average Bonchev–Trinajstić information content (AvgIpc) is 2.18. The normalized spacial score (nSPS) is 17.6. The summed E-state index contributed by atoms with van der Waals surface area (Å²) < 4.78 is 0. The first-order valence-corrected chi connectivity index (χ1v) is 6.46. The molecule has 1 aliphatic carbocycles. The average molecular weight is 248 g/mol. The van der Waals surface area contributed by atoms with Crippen LogP contribution in [0, 0.1) is 6.92 Å². The molecule has 1 saturated carbocycles. The monoisotopic (exact) mass is 248 g/mol. The van der Waals surface area contributed by atoms with Crippen molar-refractivity contribution in [1.82, 2.24) is 0 Å². The SMILES string of the molecule is Cc1cc(O)c(C(C)C)cc1C1(C(=O)O)CCC1. The van der Waals surface area contributed by atoms with Crippen molar-refractivity contribution in [2.24, 2.45) is 0 Å². The molecular formula is C15H20O3. The summed E-state index contributed by atoms with van der Waals surface area (Å²) in [7, 11) is 0. The standard InChI is InChI=1S/C15H20O3/c1-9(2)11-8-12(10(3)7-13(11)16)15(14(17)18)5-4-6-15/h7-9,16H,4-6H2,1-3H3,(H,17,18). The number of hydrogen-bond acceptors (Lipinski definition) is 2. The lowest BCUT2D eigenvalue weighted by atomic mass is 9.63. The van der Waals surface area contributed by atoms with Crippen molar-refractivity contribution >= 4 is 5.97 Å². The highest BCUT2D eigenvalue weighted by molar-refractivity contribution is 5.83. The van der Waals surface area contributed by atoms with E-state index in [9.17, 15) is 15.0 Å². The van der Waals surface area contributed by atoms with Gasteiger partial charge in [-0.05, 0) is 48.4 Å². The summed E-state index contributed by atoms with van der Waals surface area (Å²) in [6.07, 6.45) is 2.36. The lowest BCUT2D eigenvalue weighted by Crippen LogP contribution is -2.43. The first-order chi connectivity index (χ1) is 8.38. The number of phenols is 1.